The summed E-state index contributed by atoms with van der Waals surface area (Å²) in [6, 6.07) is 22.0. The summed E-state index contributed by atoms with van der Waals surface area (Å²) in [7, 11) is 1.62. The number of nitrogens with one attached hydrogen (secondary N) is 1. The molecule has 4 aromatic rings. The van der Waals surface area contributed by atoms with Crippen LogP contribution in [0.4, 0.5) is 5.69 Å². The number of benzene rings is 2. The van der Waals surface area contributed by atoms with Crippen molar-refractivity contribution >= 4 is 34.6 Å². The molecule has 1 aliphatic rings. The van der Waals surface area contributed by atoms with E-state index in [1.54, 1.807) is 7.11 Å². The standard InChI is InChI=1S/C28H27ClN4OS/c1-17-18(2)32(20-10-6-5-7-11-20)19(3)25(17)27-26(23-12-8-9-15-30-23)31-28(35)33(27)21-13-14-24(34-4)22(29)16-21/h5-16,26-27H,1-4H3,(H,31,35)/t26-,27-/m1/s1. The Hall–Kier alpha value is -3.35. The third-order valence-corrected chi connectivity index (χ3v) is 7.44. The molecule has 0 saturated carbocycles. The molecule has 35 heavy (non-hydrogen) atoms. The van der Waals surface area contributed by atoms with Crippen molar-refractivity contribution in [3.8, 4) is 11.4 Å². The predicted molar refractivity (Wildman–Crippen MR) is 146 cm³/mol. The number of aromatic nitrogens is 2. The van der Waals surface area contributed by atoms with Gasteiger partial charge in [0.25, 0.3) is 0 Å². The number of para-hydroxylation sites is 1. The molecular formula is C28H27ClN4OS. The average molecular weight is 503 g/mol. The van der Waals surface area contributed by atoms with Gasteiger partial charge >= 0.3 is 0 Å². The van der Waals surface area contributed by atoms with E-state index >= 15 is 0 Å². The van der Waals surface area contributed by atoms with Gasteiger partial charge < -0.3 is 19.5 Å². The summed E-state index contributed by atoms with van der Waals surface area (Å²) in [5.41, 5.74) is 7.81. The summed E-state index contributed by atoms with van der Waals surface area (Å²) in [6.07, 6.45) is 1.82. The molecule has 1 fully saturated rings. The van der Waals surface area contributed by atoms with Crippen molar-refractivity contribution in [3.05, 3.63) is 106 Å². The number of rotatable bonds is 5. The van der Waals surface area contributed by atoms with Crippen LogP contribution in [0.25, 0.3) is 5.69 Å². The number of thiocarbonyl (C=S) groups is 1. The highest BCUT2D eigenvalue weighted by atomic mass is 35.5. The first-order chi connectivity index (χ1) is 16.9. The fraction of sp³-hybridized carbons (Fsp3) is 0.214. The Labute approximate surface area is 216 Å². The smallest absolute Gasteiger partial charge is 0.174 e. The summed E-state index contributed by atoms with van der Waals surface area (Å²) in [5, 5.41) is 4.73. The number of ether oxygens (including phenoxy) is 1. The lowest BCUT2D eigenvalue weighted by Gasteiger charge is -2.29. The fourth-order valence-electron chi connectivity index (χ4n) is 5.14. The summed E-state index contributed by atoms with van der Waals surface area (Å²) in [4.78, 5) is 6.85. The van der Waals surface area contributed by atoms with Crippen LogP contribution in [0.2, 0.25) is 5.02 Å². The Morgan fingerprint density at radius 1 is 0.943 bits per heavy atom. The first-order valence-electron chi connectivity index (χ1n) is 11.5. The van der Waals surface area contributed by atoms with E-state index in [2.05, 4.69) is 64.8 Å². The number of hydrogen-bond acceptors (Lipinski definition) is 3. The Morgan fingerprint density at radius 2 is 1.69 bits per heavy atom. The lowest BCUT2D eigenvalue weighted by atomic mass is 9.93. The number of halogens is 1. The van der Waals surface area contributed by atoms with Gasteiger partial charge in [0.05, 0.1) is 29.9 Å². The molecule has 1 saturated heterocycles. The molecule has 0 amide bonds. The van der Waals surface area contributed by atoms with E-state index in [-0.39, 0.29) is 12.1 Å². The predicted octanol–water partition coefficient (Wildman–Crippen LogP) is 6.64. The summed E-state index contributed by atoms with van der Waals surface area (Å²) < 4.78 is 7.71. The molecule has 2 aromatic carbocycles. The number of nitrogens with zero attached hydrogens (tertiary/aromatic N) is 3. The van der Waals surface area contributed by atoms with Crippen molar-refractivity contribution in [1.29, 1.82) is 0 Å². The van der Waals surface area contributed by atoms with Gasteiger partial charge in [0, 0.05) is 34.5 Å². The monoisotopic (exact) mass is 502 g/mol. The van der Waals surface area contributed by atoms with Crippen LogP contribution >= 0.6 is 23.8 Å². The lowest BCUT2D eigenvalue weighted by Crippen LogP contribution is -2.29. The van der Waals surface area contributed by atoms with Gasteiger partial charge in [0.1, 0.15) is 5.75 Å². The van der Waals surface area contributed by atoms with Crippen LogP contribution in [0.15, 0.2) is 72.9 Å². The van der Waals surface area contributed by atoms with Crippen molar-refractivity contribution in [2.24, 2.45) is 0 Å². The van der Waals surface area contributed by atoms with Crippen LogP contribution in [-0.2, 0) is 0 Å². The zero-order chi connectivity index (χ0) is 24.7. The van der Waals surface area contributed by atoms with E-state index in [0.29, 0.717) is 15.9 Å². The molecule has 7 heteroatoms. The zero-order valence-corrected chi connectivity index (χ0v) is 21.7. The molecule has 2 atom stereocenters. The largest absolute Gasteiger partial charge is 0.495 e. The first kappa shape index (κ1) is 23.4. The van der Waals surface area contributed by atoms with Crippen LogP contribution in [0.5, 0.6) is 5.75 Å². The summed E-state index contributed by atoms with van der Waals surface area (Å²) in [5.74, 6) is 0.629. The highest BCUT2D eigenvalue weighted by Crippen LogP contribution is 2.46. The lowest BCUT2D eigenvalue weighted by molar-refractivity contribution is 0.415. The van der Waals surface area contributed by atoms with Gasteiger partial charge in [-0.3, -0.25) is 4.98 Å². The van der Waals surface area contributed by atoms with Crippen LogP contribution in [0.3, 0.4) is 0 Å². The second-order valence-electron chi connectivity index (χ2n) is 8.70. The quantitative estimate of drug-likeness (QED) is 0.310. The Balaban J connectivity index is 1.72. The van der Waals surface area contributed by atoms with Crippen LogP contribution < -0.4 is 15.0 Å². The maximum atomic E-state index is 6.54. The molecule has 3 heterocycles. The van der Waals surface area contributed by atoms with Crippen LogP contribution in [0.1, 0.15) is 40.3 Å². The number of methoxy groups -OCH3 is 1. The Bertz CT molecular complexity index is 1390. The minimum atomic E-state index is -0.131. The van der Waals surface area contributed by atoms with Crippen molar-refractivity contribution in [1.82, 2.24) is 14.9 Å². The minimum Gasteiger partial charge on any atom is -0.495 e. The number of anilines is 1. The molecule has 0 unspecified atom stereocenters. The maximum absolute atomic E-state index is 6.54. The van der Waals surface area contributed by atoms with E-state index in [9.17, 15) is 0 Å². The van der Waals surface area contributed by atoms with Gasteiger partial charge in [0.2, 0.25) is 0 Å². The number of hydrogen-bond donors (Lipinski definition) is 1. The van der Waals surface area contributed by atoms with E-state index in [4.69, 9.17) is 28.6 Å². The molecule has 5 rings (SSSR count). The Kier molecular flexibility index (Phi) is 6.26. The SMILES string of the molecule is COc1ccc(N2C(=S)N[C@H](c3ccccn3)[C@H]2c2c(C)c(C)n(-c3ccccc3)c2C)cc1Cl. The molecule has 0 bridgehead atoms. The first-order valence-corrected chi connectivity index (χ1v) is 12.3. The minimum absolute atomic E-state index is 0.120. The molecular weight excluding hydrogens is 476 g/mol. The van der Waals surface area contributed by atoms with E-state index in [1.165, 1.54) is 22.5 Å². The van der Waals surface area contributed by atoms with Crippen molar-refractivity contribution in [2.45, 2.75) is 32.9 Å². The molecule has 1 aliphatic heterocycles. The second kappa shape index (κ2) is 9.36. The molecule has 5 nitrogen and oxygen atoms in total. The topological polar surface area (TPSA) is 42.3 Å². The molecule has 178 valence electrons. The van der Waals surface area contributed by atoms with Gasteiger partial charge in [-0.25, -0.2) is 0 Å². The van der Waals surface area contributed by atoms with E-state index in [1.807, 2.05) is 48.7 Å². The van der Waals surface area contributed by atoms with Gasteiger partial charge in [0.15, 0.2) is 5.11 Å². The van der Waals surface area contributed by atoms with Gasteiger partial charge in [-0.1, -0.05) is 35.9 Å². The molecule has 0 spiro atoms. The van der Waals surface area contributed by atoms with Crippen molar-refractivity contribution < 1.29 is 4.74 Å². The normalized spacial score (nSPS) is 17.5. The maximum Gasteiger partial charge on any atom is 0.174 e. The van der Waals surface area contributed by atoms with Crippen LogP contribution in [0, 0.1) is 20.8 Å². The zero-order valence-electron chi connectivity index (χ0n) is 20.1. The third-order valence-electron chi connectivity index (χ3n) is 6.83. The van der Waals surface area contributed by atoms with Gasteiger partial charge in [-0.15, -0.1) is 0 Å². The van der Waals surface area contributed by atoms with Crippen molar-refractivity contribution in [3.63, 3.8) is 0 Å². The highest BCUT2D eigenvalue weighted by molar-refractivity contribution is 7.80. The van der Waals surface area contributed by atoms with Crippen LogP contribution in [-0.4, -0.2) is 21.8 Å². The molecule has 0 aliphatic carbocycles. The fourth-order valence-corrected chi connectivity index (χ4v) is 5.74. The molecule has 0 radical (unpaired) electrons. The molecule has 1 N–H and O–H groups in total. The van der Waals surface area contributed by atoms with Gasteiger partial charge in [-0.05, 0) is 81.0 Å². The summed E-state index contributed by atoms with van der Waals surface area (Å²) in [6.45, 7) is 6.54. The van der Waals surface area contributed by atoms with Crippen molar-refractivity contribution in [2.75, 3.05) is 12.0 Å². The molecule has 2 aromatic heterocycles. The van der Waals surface area contributed by atoms with Gasteiger partial charge in [-0.2, -0.15) is 0 Å². The van der Waals surface area contributed by atoms with E-state index < -0.39 is 0 Å². The Morgan fingerprint density at radius 3 is 2.34 bits per heavy atom. The average Bonchev–Trinajstić information content (AvgIpc) is 3.32. The van der Waals surface area contributed by atoms with E-state index in [0.717, 1.165) is 17.1 Å². The third kappa shape index (κ3) is 3.97. The number of pyridine rings is 1. The second-order valence-corrected chi connectivity index (χ2v) is 9.49. The summed E-state index contributed by atoms with van der Waals surface area (Å²) >= 11 is 12.4. The highest BCUT2D eigenvalue weighted by Gasteiger charge is 2.43.